The maximum absolute atomic E-state index is 12.3. The Bertz CT molecular complexity index is 1020. The Morgan fingerprint density at radius 1 is 0.464 bits per heavy atom. The Hall–Kier alpha value is -2.43. The molecule has 0 heterocycles. The number of hydrogen-bond donors (Lipinski definition) is 3. The molecule has 0 aromatic heterocycles. The van der Waals surface area contributed by atoms with E-state index < -0.39 is 12.1 Å². The van der Waals surface area contributed by atoms with Gasteiger partial charge in [0.1, 0.15) is 0 Å². The van der Waals surface area contributed by atoms with Crippen LogP contribution in [0.4, 0.5) is 0 Å². The topological polar surface area (TPSA) is 69.6 Å². The van der Waals surface area contributed by atoms with Gasteiger partial charge in [-0.1, -0.05) is 220 Å². The van der Waals surface area contributed by atoms with Gasteiger partial charge >= 0.3 is 0 Å². The molecule has 2 unspecified atom stereocenters. The first-order chi connectivity index (χ1) is 27.7. The summed E-state index contributed by atoms with van der Waals surface area (Å²) >= 11 is 0. The van der Waals surface area contributed by atoms with Crippen LogP contribution in [0.2, 0.25) is 0 Å². The van der Waals surface area contributed by atoms with Crippen LogP contribution in [0.15, 0.2) is 85.1 Å². The van der Waals surface area contributed by atoms with Crippen molar-refractivity contribution in [1.29, 1.82) is 0 Å². The van der Waals surface area contributed by atoms with Crippen LogP contribution >= 0.6 is 0 Å². The third-order valence-corrected chi connectivity index (χ3v) is 10.4. The second-order valence-electron chi connectivity index (χ2n) is 15.8. The largest absolute Gasteiger partial charge is 0.394 e. The van der Waals surface area contributed by atoms with Gasteiger partial charge in [-0.3, -0.25) is 4.79 Å². The fraction of sp³-hybridized carbons (Fsp3) is 0.712. The molecule has 4 heteroatoms. The molecule has 0 aliphatic heterocycles. The summed E-state index contributed by atoms with van der Waals surface area (Å²) in [5.74, 6) is -0.0815. The van der Waals surface area contributed by atoms with Crippen LogP contribution in [0.3, 0.4) is 0 Å². The van der Waals surface area contributed by atoms with Crippen molar-refractivity contribution in [1.82, 2.24) is 5.32 Å². The molecule has 0 aliphatic rings. The van der Waals surface area contributed by atoms with Crippen molar-refractivity contribution in [3.63, 3.8) is 0 Å². The highest BCUT2D eigenvalue weighted by Gasteiger charge is 2.17. The van der Waals surface area contributed by atoms with Crippen molar-refractivity contribution >= 4 is 5.91 Å². The van der Waals surface area contributed by atoms with Crippen LogP contribution in [0, 0.1) is 0 Å². The summed E-state index contributed by atoms with van der Waals surface area (Å²) < 4.78 is 0. The zero-order chi connectivity index (χ0) is 40.7. The number of rotatable bonds is 42. The second kappa shape index (κ2) is 46.9. The zero-order valence-electron chi connectivity index (χ0n) is 36.9. The summed E-state index contributed by atoms with van der Waals surface area (Å²) in [5.41, 5.74) is 0. The van der Waals surface area contributed by atoms with Crippen molar-refractivity contribution in [3.05, 3.63) is 85.1 Å². The highest BCUT2D eigenvalue weighted by atomic mass is 16.3. The van der Waals surface area contributed by atoms with E-state index in [9.17, 15) is 15.0 Å². The Balaban J connectivity index is 3.42. The van der Waals surface area contributed by atoms with Gasteiger partial charge in [-0.2, -0.15) is 0 Å². The van der Waals surface area contributed by atoms with Crippen LogP contribution in [0.1, 0.15) is 219 Å². The monoisotopic (exact) mass is 778 g/mol. The van der Waals surface area contributed by atoms with Crippen molar-refractivity contribution in [2.45, 2.75) is 231 Å². The fourth-order valence-corrected chi connectivity index (χ4v) is 6.86. The van der Waals surface area contributed by atoms with Crippen LogP contribution in [0.25, 0.3) is 0 Å². The van der Waals surface area contributed by atoms with Crippen molar-refractivity contribution < 1.29 is 15.0 Å². The lowest BCUT2D eigenvalue weighted by atomic mass is 10.0. The molecule has 4 nitrogen and oxygen atoms in total. The molecular weight excluding hydrogens is 687 g/mol. The van der Waals surface area contributed by atoms with Gasteiger partial charge in [0.2, 0.25) is 5.91 Å². The molecule has 56 heavy (non-hydrogen) atoms. The van der Waals surface area contributed by atoms with E-state index in [1.54, 1.807) is 6.08 Å². The van der Waals surface area contributed by atoms with E-state index in [1.807, 2.05) is 13.0 Å². The van der Waals surface area contributed by atoms with Gasteiger partial charge in [0.15, 0.2) is 0 Å². The van der Waals surface area contributed by atoms with E-state index in [1.165, 1.54) is 135 Å². The Kier molecular flexibility index (Phi) is 44.9. The summed E-state index contributed by atoms with van der Waals surface area (Å²) in [5, 5.41) is 22.8. The number of allylic oxidation sites excluding steroid dienone is 13. The van der Waals surface area contributed by atoms with Gasteiger partial charge in [0, 0.05) is 6.42 Å². The minimum atomic E-state index is -0.869. The second-order valence-corrected chi connectivity index (χ2v) is 15.8. The molecule has 0 bridgehead atoms. The first-order valence-corrected chi connectivity index (χ1v) is 23.8. The van der Waals surface area contributed by atoms with Gasteiger partial charge in [0.25, 0.3) is 0 Å². The predicted molar refractivity (Wildman–Crippen MR) is 248 cm³/mol. The average Bonchev–Trinajstić information content (AvgIpc) is 3.20. The molecule has 0 aliphatic carbocycles. The molecule has 0 spiro atoms. The lowest BCUT2D eigenvalue weighted by Crippen LogP contribution is -2.45. The zero-order valence-corrected chi connectivity index (χ0v) is 36.9. The van der Waals surface area contributed by atoms with Crippen LogP contribution in [-0.2, 0) is 4.79 Å². The molecular formula is C52H91NO3. The number of hydrogen-bond acceptors (Lipinski definition) is 3. The minimum Gasteiger partial charge on any atom is -0.394 e. The maximum Gasteiger partial charge on any atom is 0.220 e. The number of nitrogens with one attached hydrogen (secondary N) is 1. The van der Waals surface area contributed by atoms with Gasteiger partial charge in [-0.25, -0.2) is 0 Å². The number of aliphatic hydroxyl groups excluding tert-OH is 2. The predicted octanol–water partition coefficient (Wildman–Crippen LogP) is 15.2. The SMILES string of the molecule is C/C=C/CC/C=C/CC/C=C/C(O)C(CO)NC(=O)CCCCCCCCCCCCCCCCCCCCCCCC/C=C\C/C=C\C/C=C\C/C=C\CC. The normalized spacial score (nSPS) is 13.7. The number of aliphatic hydroxyl groups is 2. The minimum absolute atomic E-state index is 0.0815. The number of unbranched alkanes of at least 4 members (excludes halogenated alkanes) is 24. The van der Waals surface area contributed by atoms with E-state index in [-0.39, 0.29) is 12.5 Å². The summed E-state index contributed by atoms with van der Waals surface area (Å²) in [6.07, 6.45) is 68.9. The third-order valence-electron chi connectivity index (χ3n) is 10.4. The van der Waals surface area contributed by atoms with E-state index in [0.717, 1.165) is 64.2 Å². The van der Waals surface area contributed by atoms with Crippen molar-refractivity contribution in [2.24, 2.45) is 0 Å². The average molecular weight is 778 g/mol. The third kappa shape index (κ3) is 42.7. The van der Waals surface area contributed by atoms with E-state index in [2.05, 4.69) is 85.2 Å². The van der Waals surface area contributed by atoms with E-state index >= 15 is 0 Å². The van der Waals surface area contributed by atoms with Crippen molar-refractivity contribution in [2.75, 3.05) is 6.61 Å². The highest BCUT2D eigenvalue weighted by Crippen LogP contribution is 2.16. The van der Waals surface area contributed by atoms with Gasteiger partial charge in [-0.05, 0) is 77.6 Å². The molecule has 0 radical (unpaired) electrons. The molecule has 1 amide bonds. The standard InChI is InChI=1S/C52H91NO3/c1-3-5-7-9-11-13-14-15-16-17-18-19-20-21-22-23-24-25-26-27-28-29-30-31-32-33-34-35-36-37-38-40-42-44-46-48-52(56)53-50(49-54)51(55)47-45-43-41-39-12-10-8-6-4-2/h4-7,11-13,15-16,18-19,39,45,47,50-51,54-55H,3,8-10,14,17,20-38,40-44,46,48-49H2,1-2H3,(H,53,56)/b6-4+,7-5-,13-11-,16-15-,19-18-,39-12+,47-45+. The van der Waals surface area contributed by atoms with Crippen LogP contribution in [-0.4, -0.2) is 34.9 Å². The molecule has 0 fully saturated rings. The lowest BCUT2D eigenvalue weighted by Gasteiger charge is -2.19. The van der Waals surface area contributed by atoms with Gasteiger partial charge in [-0.15, -0.1) is 0 Å². The van der Waals surface area contributed by atoms with Gasteiger partial charge in [0.05, 0.1) is 18.8 Å². The molecule has 0 saturated heterocycles. The van der Waals surface area contributed by atoms with Crippen molar-refractivity contribution in [3.8, 4) is 0 Å². The Morgan fingerprint density at radius 3 is 1.25 bits per heavy atom. The van der Waals surface area contributed by atoms with Crippen LogP contribution in [0.5, 0.6) is 0 Å². The number of amides is 1. The molecule has 0 aromatic rings. The molecule has 0 rings (SSSR count). The summed E-state index contributed by atoms with van der Waals surface area (Å²) in [4.78, 5) is 12.3. The summed E-state index contributed by atoms with van der Waals surface area (Å²) in [6, 6.07) is -0.644. The number of carbonyl (C=O) groups is 1. The summed E-state index contributed by atoms with van der Waals surface area (Å²) in [7, 11) is 0. The number of carbonyl (C=O) groups excluding carboxylic acids is 1. The van der Waals surface area contributed by atoms with Gasteiger partial charge < -0.3 is 15.5 Å². The maximum atomic E-state index is 12.3. The highest BCUT2D eigenvalue weighted by molar-refractivity contribution is 5.76. The first kappa shape index (κ1) is 53.6. The molecule has 2 atom stereocenters. The molecule has 322 valence electrons. The Labute approximate surface area is 348 Å². The first-order valence-electron chi connectivity index (χ1n) is 23.8. The quantitative estimate of drug-likeness (QED) is 0.0427. The Morgan fingerprint density at radius 2 is 0.821 bits per heavy atom. The lowest BCUT2D eigenvalue weighted by molar-refractivity contribution is -0.123. The molecule has 0 saturated carbocycles. The van der Waals surface area contributed by atoms with Crippen LogP contribution < -0.4 is 5.32 Å². The molecule has 3 N–H and O–H groups in total. The van der Waals surface area contributed by atoms with E-state index in [0.29, 0.717) is 6.42 Å². The molecule has 0 aromatic carbocycles. The smallest absolute Gasteiger partial charge is 0.220 e. The van der Waals surface area contributed by atoms with E-state index in [4.69, 9.17) is 0 Å². The summed E-state index contributed by atoms with van der Waals surface area (Å²) in [6.45, 7) is 3.94. The fourth-order valence-electron chi connectivity index (χ4n) is 6.86.